The molecule has 1 aliphatic carbocycles. The molecule has 1 amide bonds. The van der Waals surface area contributed by atoms with Crippen LogP contribution in [-0.2, 0) is 11.3 Å². The Kier molecular flexibility index (Phi) is 6.52. The number of nitrogens with zero attached hydrogens (tertiary/aromatic N) is 4. The van der Waals surface area contributed by atoms with Gasteiger partial charge in [-0.2, -0.15) is 0 Å². The number of carbonyl (C=O) groups is 1. The number of pyridine rings is 1. The zero-order valence-electron chi connectivity index (χ0n) is 19.0. The summed E-state index contributed by atoms with van der Waals surface area (Å²) in [5, 5.41) is 0. The van der Waals surface area contributed by atoms with Crippen molar-refractivity contribution in [3.05, 3.63) is 81.1 Å². The third-order valence-electron chi connectivity index (χ3n) is 6.54. The van der Waals surface area contributed by atoms with E-state index in [4.69, 9.17) is 17.2 Å². The maximum atomic E-state index is 13.6. The molecule has 3 aromatic rings. The molecule has 0 spiro atoms. The van der Waals surface area contributed by atoms with Gasteiger partial charge in [-0.05, 0) is 36.6 Å². The van der Waals surface area contributed by atoms with Crippen LogP contribution in [0.15, 0.2) is 64.4 Å². The van der Waals surface area contributed by atoms with E-state index in [-0.39, 0.29) is 11.5 Å². The van der Waals surface area contributed by atoms with Crippen LogP contribution in [0, 0.1) is 0 Å². The fraction of sp³-hybridized carbons (Fsp3) is 0.308. The molecule has 34 heavy (non-hydrogen) atoms. The number of rotatable bonds is 5. The van der Waals surface area contributed by atoms with E-state index in [1.54, 1.807) is 17.2 Å². The number of carbonyl (C=O) groups excluding carboxylic acids is 1. The van der Waals surface area contributed by atoms with Crippen LogP contribution in [0.25, 0.3) is 11.7 Å². The van der Waals surface area contributed by atoms with E-state index in [1.807, 2.05) is 55.6 Å². The highest BCUT2D eigenvalue weighted by molar-refractivity contribution is 8.26. The molecule has 0 radical (unpaired) electrons. The van der Waals surface area contributed by atoms with Gasteiger partial charge in [-0.25, -0.2) is 4.98 Å². The predicted octanol–water partition coefficient (Wildman–Crippen LogP) is 4.86. The molecule has 1 saturated carbocycles. The minimum atomic E-state index is -0.184. The molecular weight excluding hydrogens is 464 g/mol. The number of anilines is 1. The number of benzene rings is 1. The SMILES string of the molecule is CN(c1nc2ccccn2c(=O)c1C=C1SC(=S)N(Cc2ccccc2)C1=O)C1CCCCC1. The Morgan fingerprint density at radius 2 is 1.82 bits per heavy atom. The minimum Gasteiger partial charge on any atom is -0.356 e. The first-order valence-corrected chi connectivity index (χ1v) is 12.8. The Morgan fingerprint density at radius 3 is 2.59 bits per heavy atom. The molecule has 8 heteroatoms. The zero-order valence-corrected chi connectivity index (χ0v) is 20.6. The fourth-order valence-corrected chi connectivity index (χ4v) is 5.90. The molecule has 3 heterocycles. The molecule has 0 unspecified atom stereocenters. The lowest BCUT2D eigenvalue weighted by molar-refractivity contribution is -0.122. The molecule has 2 fully saturated rings. The van der Waals surface area contributed by atoms with E-state index in [2.05, 4.69) is 4.90 Å². The number of amides is 1. The van der Waals surface area contributed by atoms with Crippen molar-refractivity contribution in [2.24, 2.45) is 0 Å². The topological polar surface area (TPSA) is 57.9 Å². The van der Waals surface area contributed by atoms with Gasteiger partial charge in [-0.1, -0.05) is 79.6 Å². The van der Waals surface area contributed by atoms with E-state index in [0.717, 1.165) is 18.4 Å². The highest BCUT2D eigenvalue weighted by atomic mass is 32.2. The Balaban J connectivity index is 1.56. The van der Waals surface area contributed by atoms with Crippen molar-refractivity contribution < 1.29 is 4.79 Å². The summed E-state index contributed by atoms with van der Waals surface area (Å²) in [5.41, 5.74) is 1.85. The first-order valence-electron chi connectivity index (χ1n) is 11.6. The van der Waals surface area contributed by atoms with Gasteiger partial charge in [-0.15, -0.1) is 0 Å². The van der Waals surface area contributed by atoms with Crippen molar-refractivity contribution in [3.8, 4) is 0 Å². The summed E-state index contributed by atoms with van der Waals surface area (Å²) in [4.78, 5) is 35.9. The number of fused-ring (bicyclic) bond motifs is 1. The van der Waals surface area contributed by atoms with Crippen molar-refractivity contribution in [2.75, 3.05) is 11.9 Å². The van der Waals surface area contributed by atoms with Gasteiger partial charge in [0.25, 0.3) is 11.5 Å². The molecule has 2 aromatic heterocycles. The second kappa shape index (κ2) is 9.72. The molecule has 0 N–H and O–H groups in total. The number of aromatic nitrogens is 2. The summed E-state index contributed by atoms with van der Waals surface area (Å²) in [5.74, 6) is 0.444. The summed E-state index contributed by atoms with van der Waals surface area (Å²) in [7, 11) is 2.01. The highest BCUT2D eigenvalue weighted by Crippen LogP contribution is 2.35. The van der Waals surface area contributed by atoms with Gasteiger partial charge < -0.3 is 4.90 Å². The van der Waals surface area contributed by atoms with Crippen LogP contribution in [0.1, 0.15) is 43.2 Å². The van der Waals surface area contributed by atoms with Crippen molar-refractivity contribution in [1.29, 1.82) is 0 Å². The molecule has 2 aliphatic rings. The lowest BCUT2D eigenvalue weighted by atomic mass is 9.94. The molecule has 0 atom stereocenters. The van der Waals surface area contributed by atoms with E-state index >= 15 is 0 Å². The summed E-state index contributed by atoms with van der Waals surface area (Å²) in [6, 6.07) is 15.6. The standard InChI is InChI=1S/C26H26N4O2S2/c1-28(19-12-6-3-7-13-19)23-20(24(31)29-15-9-8-14-22(29)27-23)16-21-25(32)30(26(33)34-21)17-18-10-4-2-5-11-18/h2,4-5,8-11,14-16,19H,3,6-7,12-13,17H2,1H3. The van der Waals surface area contributed by atoms with Crippen LogP contribution in [-0.4, -0.2) is 37.6 Å². The highest BCUT2D eigenvalue weighted by Gasteiger charge is 2.33. The number of hydrogen-bond acceptors (Lipinski definition) is 6. The van der Waals surface area contributed by atoms with Crippen LogP contribution in [0.4, 0.5) is 5.82 Å². The lowest BCUT2D eigenvalue weighted by Crippen LogP contribution is -2.36. The van der Waals surface area contributed by atoms with Crippen molar-refractivity contribution in [2.45, 2.75) is 44.7 Å². The van der Waals surface area contributed by atoms with Gasteiger partial charge in [0.2, 0.25) is 0 Å². The summed E-state index contributed by atoms with van der Waals surface area (Å²) >= 11 is 6.76. The van der Waals surface area contributed by atoms with Crippen LogP contribution in [0.5, 0.6) is 0 Å². The maximum Gasteiger partial charge on any atom is 0.267 e. The molecule has 6 nitrogen and oxygen atoms in total. The lowest BCUT2D eigenvalue weighted by Gasteiger charge is -2.33. The first kappa shape index (κ1) is 22.8. The fourth-order valence-electron chi connectivity index (χ4n) is 4.66. The summed E-state index contributed by atoms with van der Waals surface area (Å²) in [6.07, 6.45) is 9.15. The Hall–Kier alpha value is -2.97. The second-order valence-corrected chi connectivity index (χ2v) is 10.4. The average molecular weight is 491 g/mol. The molecule has 1 aromatic carbocycles. The van der Waals surface area contributed by atoms with E-state index in [0.29, 0.717) is 38.8 Å². The van der Waals surface area contributed by atoms with Crippen molar-refractivity contribution >= 4 is 51.7 Å². The monoisotopic (exact) mass is 490 g/mol. The maximum absolute atomic E-state index is 13.6. The normalized spacial score (nSPS) is 18.3. The number of hydrogen-bond donors (Lipinski definition) is 0. The Morgan fingerprint density at radius 1 is 1.09 bits per heavy atom. The number of thiocarbonyl (C=S) groups is 1. The van der Waals surface area contributed by atoms with Gasteiger partial charge >= 0.3 is 0 Å². The van der Waals surface area contributed by atoms with E-state index in [9.17, 15) is 9.59 Å². The van der Waals surface area contributed by atoms with Gasteiger partial charge in [0, 0.05) is 19.3 Å². The van der Waals surface area contributed by atoms with Gasteiger partial charge in [0.15, 0.2) is 0 Å². The average Bonchev–Trinajstić information content (AvgIpc) is 3.13. The first-order chi connectivity index (χ1) is 16.5. The van der Waals surface area contributed by atoms with Crippen LogP contribution in [0.3, 0.4) is 0 Å². The van der Waals surface area contributed by atoms with E-state index < -0.39 is 0 Å². The molecule has 174 valence electrons. The summed E-state index contributed by atoms with van der Waals surface area (Å²) in [6.45, 7) is 0.409. The molecule has 1 saturated heterocycles. The minimum absolute atomic E-state index is 0.178. The number of thioether (sulfide) groups is 1. The Bertz CT molecular complexity index is 1330. The van der Waals surface area contributed by atoms with Crippen LogP contribution < -0.4 is 10.5 Å². The smallest absolute Gasteiger partial charge is 0.267 e. The van der Waals surface area contributed by atoms with E-state index in [1.165, 1.54) is 35.4 Å². The largest absolute Gasteiger partial charge is 0.356 e. The van der Waals surface area contributed by atoms with Gasteiger partial charge in [-0.3, -0.25) is 18.9 Å². The molecule has 0 bridgehead atoms. The van der Waals surface area contributed by atoms with Crippen LogP contribution >= 0.6 is 24.0 Å². The third kappa shape index (κ3) is 4.40. The van der Waals surface area contributed by atoms with Crippen LogP contribution in [0.2, 0.25) is 0 Å². The van der Waals surface area contributed by atoms with Crippen molar-refractivity contribution in [3.63, 3.8) is 0 Å². The molecule has 1 aliphatic heterocycles. The predicted molar refractivity (Wildman–Crippen MR) is 142 cm³/mol. The summed E-state index contributed by atoms with van der Waals surface area (Å²) < 4.78 is 2.03. The quantitative estimate of drug-likeness (QED) is 0.376. The Labute approximate surface area is 208 Å². The van der Waals surface area contributed by atoms with Gasteiger partial charge in [0.05, 0.1) is 17.0 Å². The second-order valence-electron chi connectivity index (χ2n) is 8.74. The molecular formula is C26H26N4O2S2. The zero-order chi connectivity index (χ0) is 23.7. The van der Waals surface area contributed by atoms with Crippen molar-refractivity contribution in [1.82, 2.24) is 14.3 Å². The van der Waals surface area contributed by atoms with Gasteiger partial charge in [0.1, 0.15) is 15.8 Å². The third-order valence-corrected chi connectivity index (χ3v) is 7.92. The molecule has 5 rings (SSSR count).